The van der Waals surface area contributed by atoms with E-state index in [4.69, 9.17) is 5.26 Å². The van der Waals surface area contributed by atoms with E-state index in [2.05, 4.69) is 11.4 Å². The molecule has 4 heteroatoms. The van der Waals surface area contributed by atoms with Crippen molar-refractivity contribution >= 4 is 0 Å². The van der Waals surface area contributed by atoms with Crippen molar-refractivity contribution in [3.63, 3.8) is 0 Å². The van der Waals surface area contributed by atoms with Crippen LogP contribution in [0.3, 0.4) is 0 Å². The molecule has 19 heavy (non-hydrogen) atoms. The molecule has 2 rings (SSSR count). The number of halogens is 1. The highest BCUT2D eigenvalue weighted by atomic mass is 19.1. The van der Waals surface area contributed by atoms with Gasteiger partial charge in [0.15, 0.2) is 0 Å². The lowest BCUT2D eigenvalue weighted by molar-refractivity contribution is 0.466. The third-order valence-electron chi connectivity index (χ3n) is 2.72. The topological polar surface area (TPSA) is 56.0 Å². The largest absolute Gasteiger partial charge is 0.508 e. The van der Waals surface area contributed by atoms with Gasteiger partial charge in [0.05, 0.1) is 6.07 Å². The molecule has 96 valence electrons. The van der Waals surface area contributed by atoms with E-state index in [1.165, 1.54) is 12.1 Å². The number of aromatic hydroxyl groups is 1. The number of hydrogen-bond donors (Lipinski definition) is 2. The number of nitrogens with one attached hydrogen (secondary N) is 1. The van der Waals surface area contributed by atoms with E-state index >= 15 is 0 Å². The normalized spacial score (nSPS) is 11.8. The predicted octanol–water partition coefficient (Wildman–Crippen LogP) is 2.89. The summed E-state index contributed by atoms with van der Waals surface area (Å²) in [6.07, 6.45) is 0. The minimum atomic E-state index is -0.665. The van der Waals surface area contributed by atoms with Crippen LogP contribution in [0, 0.1) is 17.1 Å². The van der Waals surface area contributed by atoms with Gasteiger partial charge in [-0.2, -0.15) is 5.26 Å². The SMILES string of the molecule is N#CC(NCc1ccccc1)c1cc(O)cc(F)c1. The summed E-state index contributed by atoms with van der Waals surface area (Å²) in [5.41, 5.74) is 1.44. The van der Waals surface area contributed by atoms with Crippen LogP contribution in [0.5, 0.6) is 5.75 Å². The second kappa shape index (κ2) is 5.98. The lowest BCUT2D eigenvalue weighted by Crippen LogP contribution is -2.19. The first-order valence-corrected chi connectivity index (χ1v) is 5.85. The smallest absolute Gasteiger partial charge is 0.127 e. The van der Waals surface area contributed by atoms with Crippen molar-refractivity contribution in [1.29, 1.82) is 5.26 Å². The van der Waals surface area contributed by atoms with Crippen molar-refractivity contribution in [3.05, 3.63) is 65.5 Å². The Morgan fingerprint density at radius 1 is 1.21 bits per heavy atom. The molecule has 0 bridgehead atoms. The summed E-state index contributed by atoms with van der Waals surface area (Å²) in [7, 11) is 0. The Morgan fingerprint density at radius 3 is 2.58 bits per heavy atom. The van der Waals surface area contributed by atoms with Gasteiger partial charge >= 0.3 is 0 Å². The third kappa shape index (κ3) is 3.54. The monoisotopic (exact) mass is 256 g/mol. The Bertz CT molecular complexity index is 573. The number of phenolic OH excluding ortho intramolecular Hbond substituents is 1. The van der Waals surface area contributed by atoms with Crippen LogP contribution < -0.4 is 5.32 Å². The first-order chi connectivity index (χ1) is 9.19. The maximum Gasteiger partial charge on any atom is 0.127 e. The van der Waals surface area contributed by atoms with Crippen molar-refractivity contribution in [2.45, 2.75) is 12.6 Å². The van der Waals surface area contributed by atoms with Gasteiger partial charge in [-0.15, -0.1) is 0 Å². The van der Waals surface area contributed by atoms with Crippen LogP contribution in [-0.2, 0) is 6.54 Å². The van der Waals surface area contributed by atoms with E-state index in [0.717, 1.165) is 11.6 Å². The van der Waals surface area contributed by atoms with Crippen molar-refractivity contribution in [2.24, 2.45) is 0 Å². The van der Waals surface area contributed by atoms with E-state index < -0.39 is 11.9 Å². The molecule has 0 amide bonds. The average Bonchev–Trinajstić information content (AvgIpc) is 2.39. The number of phenols is 1. The zero-order chi connectivity index (χ0) is 13.7. The molecule has 1 atom stereocenters. The lowest BCUT2D eigenvalue weighted by Gasteiger charge is -2.12. The minimum absolute atomic E-state index is 0.184. The van der Waals surface area contributed by atoms with Gasteiger partial charge in [0.1, 0.15) is 17.6 Å². The summed E-state index contributed by atoms with van der Waals surface area (Å²) in [6, 6.07) is 14.6. The van der Waals surface area contributed by atoms with Crippen LogP contribution in [0.25, 0.3) is 0 Å². The van der Waals surface area contributed by atoms with Gasteiger partial charge in [-0.25, -0.2) is 4.39 Å². The van der Waals surface area contributed by atoms with Gasteiger partial charge in [0, 0.05) is 12.6 Å². The molecule has 2 aromatic carbocycles. The zero-order valence-electron chi connectivity index (χ0n) is 10.2. The highest BCUT2D eigenvalue weighted by Gasteiger charge is 2.12. The van der Waals surface area contributed by atoms with Crippen LogP contribution in [-0.4, -0.2) is 5.11 Å². The van der Waals surface area contributed by atoms with Gasteiger partial charge < -0.3 is 5.11 Å². The summed E-state index contributed by atoms with van der Waals surface area (Å²) >= 11 is 0. The van der Waals surface area contributed by atoms with Gasteiger partial charge in [0.2, 0.25) is 0 Å². The molecule has 0 saturated carbocycles. The number of nitriles is 1. The van der Waals surface area contributed by atoms with E-state index in [-0.39, 0.29) is 5.75 Å². The van der Waals surface area contributed by atoms with E-state index in [1.54, 1.807) is 0 Å². The molecule has 1 unspecified atom stereocenters. The highest BCUT2D eigenvalue weighted by Crippen LogP contribution is 2.20. The first-order valence-electron chi connectivity index (χ1n) is 5.85. The maximum absolute atomic E-state index is 13.2. The van der Waals surface area contributed by atoms with E-state index in [0.29, 0.717) is 12.1 Å². The Balaban J connectivity index is 2.10. The van der Waals surface area contributed by atoms with Gasteiger partial charge in [-0.05, 0) is 23.3 Å². The Kier molecular flexibility index (Phi) is 4.11. The van der Waals surface area contributed by atoms with E-state index in [9.17, 15) is 9.50 Å². The highest BCUT2D eigenvalue weighted by molar-refractivity contribution is 5.33. The van der Waals surface area contributed by atoms with Crippen LogP contribution >= 0.6 is 0 Å². The first kappa shape index (κ1) is 13.1. The van der Waals surface area contributed by atoms with Gasteiger partial charge in [-0.3, -0.25) is 5.32 Å². The van der Waals surface area contributed by atoms with Crippen LogP contribution in [0.2, 0.25) is 0 Å². The number of nitrogens with zero attached hydrogens (tertiary/aromatic N) is 1. The molecule has 0 aromatic heterocycles. The second-order valence-corrected chi connectivity index (χ2v) is 4.17. The molecule has 0 fully saturated rings. The molecule has 3 nitrogen and oxygen atoms in total. The molecule has 0 saturated heterocycles. The molecule has 2 aromatic rings. The number of hydrogen-bond acceptors (Lipinski definition) is 3. The lowest BCUT2D eigenvalue weighted by atomic mass is 10.1. The average molecular weight is 256 g/mol. The quantitative estimate of drug-likeness (QED) is 0.884. The fourth-order valence-electron chi connectivity index (χ4n) is 1.82. The van der Waals surface area contributed by atoms with E-state index in [1.807, 2.05) is 30.3 Å². The van der Waals surface area contributed by atoms with Crippen LogP contribution in [0.4, 0.5) is 4.39 Å². The molecule has 0 aliphatic heterocycles. The van der Waals surface area contributed by atoms with Gasteiger partial charge in [-0.1, -0.05) is 30.3 Å². The van der Waals surface area contributed by atoms with Gasteiger partial charge in [0.25, 0.3) is 0 Å². The molecule has 0 aliphatic carbocycles. The minimum Gasteiger partial charge on any atom is -0.508 e. The van der Waals surface area contributed by atoms with Crippen molar-refractivity contribution in [3.8, 4) is 11.8 Å². The number of rotatable bonds is 4. The second-order valence-electron chi connectivity index (χ2n) is 4.17. The summed E-state index contributed by atoms with van der Waals surface area (Å²) in [5, 5.41) is 21.5. The Morgan fingerprint density at radius 2 is 1.95 bits per heavy atom. The standard InChI is InChI=1S/C15H13FN2O/c16-13-6-12(7-14(19)8-13)15(9-17)18-10-11-4-2-1-3-5-11/h1-8,15,18-19H,10H2. The molecule has 0 aliphatic rings. The summed E-state index contributed by atoms with van der Waals surface area (Å²) in [5.74, 6) is -0.742. The van der Waals surface area contributed by atoms with Crippen molar-refractivity contribution < 1.29 is 9.50 Å². The predicted molar refractivity (Wildman–Crippen MR) is 69.7 cm³/mol. The number of benzene rings is 2. The molecule has 0 radical (unpaired) electrons. The van der Waals surface area contributed by atoms with Crippen molar-refractivity contribution in [2.75, 3.05) is 0 Å². The summed E-state index contributed by atoms with van der Waals surface area (Å²) < 4.78 is 13.2. The van der Waals surface area contributed by atoms with Crippen molar-refractivity contribution in [1.82, 2.24) is 5.32 Å². The third-order valence-corrected chi connectivity index (χ3v) is 2.72. The molecular weight excluding hydrogens is 243 g/mol. The molecule has 0 spiro atoms. The summed E-state index contributed by atoms with van der Waals surface area (Å²) in [4.78, 5) is 0. The fraction of sp³-hybridized carbons (Fsp3) is 0.133. The van der Waals surface area contributed by atoms with Crippen LogP contribution in [0.15, 0.2) is 48.5 Å². The fourth-order valence-corrected chi connectivity index (χ4v) is 1.82. The molecule has 0 heterocycles. The Labute approximate surface area is 110 Å². The molecular formula is C15H13FN2O. The zero-order valence-corrected chi connectivity index (χ0v) is 10.2. The Hall–Kier alpha value is -2.38. The summed E-state index contributed by atoms with van der Waals surface area (Å²) in [6.45, 7) is 0.496. The van der Waals surface area contributed by atoms with Crippen LogP contribution in [0.1, 0.15) is 17.2 Å². The molecule has 2 N–H and O–H groups in total. The maximum atomic E-state index is 13.2.